The lowest BCUT2D eigenvalue weighted by Crippen LogP contribution is -2.24. The van der Waals surface area contributed by atoms with E-state index in [2.05, 4.69) is 21.2 Å². The van der Waals surface area contributed by atoms with Crippen LogP contribution in [0.15, 0.2) is 40.9 Å². The molecule has 3 rings (SSSR count). The molecule has 1 aliphatic rings. The van der Waals surface area contributed by atoms with Crippen molar-refractivity contribution in [3.63, 3.8) is 0 Å². The minimum Gasteiger partial charge on any atom is -0.497 e. The van der Waals surface area contributed by atoms with Crippen molar-refractivity contribution in [2.24, 2.45) is 0 Å². The number of rotatable bonds is 4. The van der Waals surface area contributed by atoms with E-state index in [1.807, 2.05) is 12.1 Å². The molecule has 1 N–H and O–H groups in total. The molecule has 0 radical (unpaired) electrons. The lowest BCUT2D eigenvalue weighted by atomic mass is 10.1. The highest BCUT2D eigenvalue weighted by Crippen LogP contribution is 2.31. The van der Waals surface area contributed by atoms with E-state index in [1.165, 1.54) is 0 Å². The summed E-state index contributed by atoms with van der Waals surface area (Å²) in [6, 6.07) is 10.9. The Labute approximate surface area is 142 Å². The first-order valence-corrected chi connectivity index (χ1v) is 7.91. The molecule has 0 bridgehead atoms. The predicted octanol–water partition coefficient (Wildman–Crippen LogP) is 3.25. The lowest BCUT2D eigenvalue weighted by molar-refractivity contribution is -0.0171. The maximum atomic E-state index is 12.3. The van der Waals surface area contributed by atoms with Gasteiger partial charge in [-0.1, -0.05) is 22.0 Å². The molecule has 0 spiro atoms. The summed E-state index contributed by atoms with van der Waals surface area (Å²) in [5, 5.41) is 2.91. The Hall–Kier alpha value is -2.05. The number of carbonyl (C=O) groups excluding carboxylic acids is 1. The number of hydrogen-bond donors (Lipinski definition) is 1. The number of methoxy groups -OCH3 is 1. The van der Waals surface area contributed by atoms with E-state index in [0.29, 0.717) is 24.5 Å². The molecule has 0 atom stereocenters. The van der Waals surface area contributed by atoms with Gasteiger partial charge in [0.2, 0.25) is 0 Å². The van der Waals surface area contributed by atoms with Gasteiger partial charge in [-0.05, 0) is 30.3 Å². The monoisotopic (exact) mass is 377 g/mol. The minimum atomic E-state index is -0.162. The smallest absolute Gasteiger partial charge is 0.251 e. The van der Waals surface area contributed by atoms with Crippen molar-refractivity contribution >= 4 is 21.8 Å². The number of benzene rings is 2. The number of carbonyl (C=O) groups is 1. The Morgan fingerprint density at radius 1 is 1.35 bits per heavy atom. The van der Waals surface area contributed by atoms with Crippen molar-refractivity contribution in [1.82, 2.24) is 5.32 Å². The third kappa shape index (κ3) is 3.65. The number of amides is 1. The molecule has 0 saturated carbocycles. The zero-order valence-corrected chi connectivity index (χ0v) is 14.2. The molecule has 0 unspecified atom stereocenters. The largest absolute Gasteiger partial charge is 0.497 e. The Bertz CT molecular complexity index is 733. The second kappa shape index (κ2) is 7.02. The zero-order chi connectivity index (χ0) is 16.2. The van der Waals surface area contributed by atoms with Gasteiger partial charge in [-0.2, -0.15) is 0 Å². The van der Waals surface area contributed by atoms with Gasteiger partial charge in [-0.15, -0.1) is 0 Å². The van der Waals surface area contributed by atoms with Crippen molar-refractivity contribution in [2.45, 2.75) is 13.2 Å². The van der Waals surface area contributed by atoms with Crippen molar-refractivity contribution in [2.75, 3.05) is 13.9 Å². The first kappa shape index (κ1) is 15.8. The summed E-state index contributed by atoms with van der Waals surface area (Å²) in [5.74, 6) is 1.27. The highest BCUT2D eigenvalue weighted by atomic mass is 79.9. The van der Waals surface area contributed by atoms with Crippen LogP contribution in [0.1, 0.15) is 21.5 Å². The van der Waals surface area contributed by atoms with Gasteiger partial charge in [0.1, 0.15) is 11.5 Å². The molecule has 1 amide bonds. The molecule has 0 saturated heterocycles. The van der Waals surface area contributed by atoms with Crippen LogP contribution in [0.3, 0.4) is 0 Å². The van der Waals surface area contributed by atoms with E-state index < -0.39 is 0 Å². The fraction of sp³-hybridized carbons (Fsp3) is 0.235. The molecule has 0 aliphatic carbocycles. The van der Waals surface area contributed by atoms with E-state index in [4.69, 9.17) is 14.2 Å². The van der Waals surface area contributed by atoms with Gasteiger partial charge in [0.15, 0.2) is 6.79 Å². The summed E-state index contributed by atoms with van der Waals surface area (Å²) in [7, 11) is 1.57. The Morgan fingerprint density at radius 2 is 2.22 bits per heavy atom. The van der Waals surface area contributed by atoms with Gasteiger partial charge in [-0.3, -0.25) is 4.79 Å². The van der Waals surface area contributed by atoms with Crippen LogP contribution in [-0.4, -0.2) is 19.8 Å². The van der Waals surface area contributed by atoms with Crippen LogP contribution >= 0.6 is 15.9 Å². The fourth-order valence-corrected chi connectivity index (χ4v) is 2.98. The van der Waals surface area contributed by atoms with Crippen LogP contribution in [0.2, 0.25) is 0 Å². The molecule has 0 aromatic heterocycles. The van der Waals surface area contributed by atoms with Gasteiger partial charge in [0.25, 0.3) is 5.91 Å². The van der Waals surface area contributed by atoms with E-state index in [9.17, 15) is 4.79 Å². The van der Waals surface area contributed by atoms with Crippen LogP contribution in [0.4, 0.5) is 0 Å². The third-order valence-electron chi connectivity index (χ3n) is 3.52. The van der Waals surface area contributed by atoms with Crippen LogP contribution in [-0.2, 0) is 17.9 Å². The molecule has 1 aliphatic heterocycles. The fourth-order valence-electron chi connectivity index (χ4n) is 2.43. The molecule has 1 heterocycles. The lowest BCUT2D eigenvalue weighted by Gasteiger charge is -2.21. The third-order valence-corrected chi connectivity index (χ3v) is 3.98. The second-order valence-corrected chi connectivity index (χ2v) is 5.99. The topological polar surface area (TPSA) is 56.8 Å². The number of ether oxygens (including phenoxy) is 3. The Kier molecular flexibility index (Phi) is 4.83. The van der Waals surface area contributed by atoms with E-state index in [0.717, 1.165) is 21.3 Å². The minimum absolute atomic E-state index is 0.162. The van der Waals surface area contributed by atoms with Crippen LogP contribution in [0, 0.1) is 0 Å². The van der Waals surface area contributed by atoms with E-state index >= 15 is 0 Å². The normalized spacial score (nSPS) is 13.0. The highest BCUT2D eigenvalue weighted by Gasteiger charge is 2.17. The maximum Gasteiger partial charge on any atom is 0.251 e. The molecule has 120 valence electrons. The van der Waals surface area contributed by atoms with Crippen molar-refractivity contribution in [1.29, 1.82) is 0 Å². The predicted molar refractivity (Wildman–Crippen MR) is 88.6 cm³/mol. The average molecular weight is 378 g/mol. The summed E-state index contributed by atoms with van der Waals surface area (Å²) in [4.78, 5) is 12.3. The number of fused-ring (bicyclic) bond motifs is 1. The van der Waals surface area contributed by atoms with E-state index in [-0.39, 0.29) is 12.7 Å². The van der Waals surface area contributed by atoms with Crippen LogP contribution in [0.5, 0.6) is 11.5 Å². The second-order valence-electron chi connectivity index (χ2n) is 5.08. The highest BCUT2D eigenvalue weighted by molar-refractivity contribution is 9.10. The standard InChI is InChI=1S/C17H16BrNO4/c1-21-15-4-2-3-11(7-15)17(20)19-8-12-5-14(18)6-13-9-22-10-23-16(12)13/h2-7H,8-10H2,1H3,(H,19,20). The van der Waals surface area contributed by atoms with Gasteiger partial charge in [0.05, 0.1) is 13.7 Å². The molecule has 2 aromatic carbocycles. The first-order chi connectivity index (χ1) is 11.2. The first-order valence-electron chi connectivity index (χ1n) is 7.11. The zero-order valence-electron chi connectivity index (χ0n) is 12.6. The molecular formula is C17H16BrNO4. The van der Waals surface area contributed by atoms with Crippen molar-refractivity contribution in [3.05, 3.63) is 57.6 Å². The number of nitrogens with one attached hydrogen (secondary N) is 1. The molecule has 0 fully saturated rings. The number of halogens is 1. The number of hydrogen-bond acceptors (Lipinski definition) is 4. The molecule has 6 heteroatoms. The summed E-state index contributed by atoms with van der Waals surface area (Å²) in [6.07, 6.45) is 0. The summed E-state index contributed by atoms with van der Waals surface area (Å²) in [5.41, 5.74) is 2.43. The molecule has 23 heavy (non-hydrogen) atoms. The average Bonchev–Trinajstić information content (AvgIpc) is 2.59. The van der Waals surface area contributed by atoms with Crippen molar-refractivity contribution < 1.29 is 19.0 Å². The molecule has 2 aromatic rings. The summed E-state index contributed by atoms with van der Waals surface area (Å²) >= 11 is 3.47. The molecular weight excluding hydrogens is 362 g/mol. The Morgan fingerprint density at radius 3 is 3.04 bits per heavy atom. The van der Waals surface area contributed by atoms with Gasteiger partial charge in [0, 0.05) is 27.7 Å². The van der Waals surface area contributed by atoms with Gasteiger partial charge >= 0.3 is 0 Å². The summed E-state index contributed by atoms with van der Waals surface area (Å²) < 4.78 is 16.9. The Balaban J connectivity index is 1.75. The van der Waals surface area contributed by atoms with Gasteiger partial charge in [-0.25, -0.2) is 0 Å². The maximum absolute atomic E-state index is 12.3. The quantitative estimate of drug-likeness (QED) is 0.888. The van der Waals surface area contributed by atoms with Crippen LogP contribution < -0.4 is 14.8 Å². The molecule has 5 nitrogen and oxygen atoms in total. The van der Waals surface area contributed by atoms with Crippen LogP contribution in [0.25, 0.3) is 0 Å². The van der Waals surface area contributed by atoms with Crippen molar-refractivity contribution in [3.8, 4) is 11.5 Å². The van der Waals surface area contributed by atoms with Gasteiger partial charge < -0.3 is 19.5 Å². The SMILES string of the molecule is COc1cccc(C(=O)NCc2cc(Br)cc3c2OCOC3)c1. The summed E-state index contributed by atoms with van der Waals surface area (Å²) in [6.45, 7) is 1.11. The van der Waals surface area contributed by atoms with E-state index in [1.54, 1.807) is 31.4 Å².